The standard InChI is InChI=1S/C11H10Cl2N4/c1-7(9-4-2-3-5-14-9)16-10-8(12)6-15-11(13)17-10/h2-7H,1H3,(H,15,16,17). The molecule has 2 heterocycles. The summed E-state index contributed by atoms with van der Waals surface area (Å²) in [4.78, 5) is 12.1. The van der Waals surface area contributed by atoms with Crippen LogP contribution in [0.3, 0.4) is 0 Å². The molecule has 0 aliphatic carbocycles. The number of nitrogens with zero attached hydrogens (tertiary/aromatic N) is 3. The lowest BCUT2D eigenvalue weighted by atomic mass is 10.2. The molecule has 2 rings (SSSR count). The molecule has 0 radical (unpaired) electrons. The van der Waals surface area contributed by atoms with Gasteiger partial charge in [0.25, 0.3) is 0 Å². The molecule has 6 heteroatoms. The first kappa shape index (κ1) is 12.1. The van der Waals surface area contributed by atoms with E-state index in [2.05, 4.69) is 20.3 Å². The molecule has 0 bridgehead atoms. The van der Waals surface area contributed by atoms with Gasteiger partial charge in [-0.05, 0) is 30.7 Å². The predicted molar refractivity (Wildman–Crippen MR) is 68.3 cm³/mol. The lowest BCUT2D eigenvalue weighted by molar-refractivity contribution is 0.830. The summed E-state index contributed by atoms with van der Waals surface area (Å²) in [6.45, 7) is 1.97. The highest BCUT2D eigenvalue weighted by atomic mass is 35.5. The first-order chi connectivity index (χ1) is 8.16. The molecule has 0 aliphatic rings. The van der Waals surface area contributed by atoms with Crippen molar-refractivity contribution in [1.29, 1.82) is 0 Å². The lowest BCUT2D eigenvalue weighted by Gasteiger charge is -2.14. The Bertz CT molecular complexity index is 504. The minimum absolute atomic E-state index is 0.0142. The second-order valence-corrected chi connectivity index (χ2v) is 4.20. The molecule has 0 spiro atoms. The monoisotopic (exact) mass is 268 g/mol. The summed E-state index contributed by atoms with van der Waals surface area (Å²) in [5.74, 6) is 0.504. The number of halogens is 2. The highest BCUT2D eigenvalue weighted by Gasteiger charge is 2.10. The topological polar surface area (TPSA) is 50.7 Å². The number of hydrogen-bond donors (Lipinski definition) is 1. The molecule has 2 aromatic rings. The Hall–Kier alpha value is -1.39. The molecule has 0 aromatic carbocycles. The van der Waals surface area contributed by atoms with Gasteiger partial charge in [-0.15, -0.1) is 0 Å². The molecule has 0 saturated heterocycles. The molecule has 0 saturated carbocycles. The maximum absolute atomic E-state index is 5.96. The van der Waals surface area contributed by atoms with E-state index < -0.39 is 0 Å². The van der Waals surface area contributed by atoms with Crippen molar-refractivity contribution in [1.82, 2.24) is 15.0 Å². The van der Waals surface area contributed by atoms with Gasteiger partial charge in [-0.3, -0.25) is 4.98 Å². The summed E-state index contributed by atoms with van der Waals surface area (Å²) in [5, 5.41) is 3.72. The van der Waals surface area contributed by atoms with Crippen molar-refractivity contribution >= 4 is 29.0 Å². The summed E-state index contributed by atoms with van der Waals surface area (Å²) < 4.78 is 0. The van der Waals surface area contributed by atoms with Gasteiger partial charge in [0.1, 0.15) is 10.8 Å². The van der Waals surface area contributed by atoms with Gasteiger partial charge in [0, 0.05) is 6.20 Å². The summed E-state index contributed by atoms with van der Waals surface area (Å²) >= 11 is 11.7. The van der Waals surface area contributed by atoms with E-state index in [0.29, 0.717) is 10.8 Å². The van der Waals surface area contributed by atoms with Gasteiger partial charge < -0.3 is 5.32 Å². The van der Waals surface area contributed by atoms with Crippen molar-refractivity contribution in [3.8, 4) is 0 Å². The zero-order valence-corrected chi connectivity index (χ0v) is 10.6. The minimum Gasteiger partial charge on any atom is -0.361 e. The van der Waals surface area contributed by atoms with Crippen LogP contribution < -0.4 is 5.32 Å². The summed E-state index contributed by atoms with van der Waals surface area (Å²) in [7, 11) is 0. The van der Waals surface area contributed by atoms with Crippen molar-refractivity contribution < 1.29 is 0 Å². The molecule has 1 N–H and O–H groups in total. The second kappa shape index (κ2) is 5.29. The van der Waals surface area contributed by atoms with Crippen LogP contribution in [0.25, 0.3) is 0 Å². The SMILES string of the molecule is CC(Nc1nc(Cl)ncc1Cl)c1ccccn1. The number of rotatable bonds is 3. The number of nitrogens with one attached hydrogen (secondary N) is 1. The molecule has 2 aromatic heterocycles. The van der Waals surface area contributed by atoms with Gasteiger partial charge in [-0.2, -0.15) is 4.98 Å². The number of hydrogen-bond acceptors (Lipinski definition) is 4. The fraction of sp³-hybridized carbons (Fsp3) is 0.182. The summed E-state index contributed by atoms with van der Waals surface area (Å²) in [5.41, 5.74) is 0.901. The Labute approximate surface area is 109 Å². The van der Waals surface area contributed by atoms with E-state index in [4.69, 9.17) is 23.2 Å². The van der Waals surface area contributed by atoms with Crippen LogP contribution in [0.2, 0.25) is 10.3 Å². The number of aromatic nitrogens is 3. The van der Waals surface area contributed by atoms with E-state index in [0.717, 1.165) is 5.69 Å². The first-order valence-corrected chi connectivity index (χ1v) is 5.78. The normalized spacial score (nSPS) is 12.2. The van der Waals surface area contributed by atoms with Crippen LogP contribution in [0.4, 0.5) is 5.82 Å². The van der Waals surface area contributed by atoms with Gasteiger partial charge >= 0.3 is 0 Å². The van der Waals surface area contributed by atoms with Crippen molar-refractivity contribution in [2.75, 3.05) is 5.32 Å². The van der Waals surface area contributed by atoms with Crippen molar-refractivity contribution in [2.45, 2.75) is 13.0 Å². The third kappa shape index (κ3) is 3.05. The second-order valence-electron chi connectivity index (χ2n) is 3.46. The quantitative estimate of drug-likeness (QED) is 0.868. The highest BCUT2D eigenvalue weighted by molar-refractivity contribution is 6.33. The van der Waals surface area contributed by atoms with Crippen LogP contribution in [0, 0.1) is 0 Å². The molecule has 88 valence electrons. The minimum atomic E-state index is -0.0142. The smallest absolute Gasteiger partial charge is 0.224 e. The zero-order valence-electron chi connectivity index (χ0n) is 9.06. The fourth-order valence-corrected chi connectivity index (χ4v) is 1.64. The Kier molecular flexibility index (Phi) is 3.76. The molecule has 0 amide bonds. The molecule has 1 atom stereocenters. The van der Waals surface area contributed by atoms with Crippen molar-refractivity contribution in [3.63, 3.8) is 0 Å². The van der Waals surface area contributed by atoms with Crippen LogP contribution in [0.1, 0.15) is 18.7 Å². The third-order valence-electron chi connectivity index (χ3n) is 2.20. The molecule has 17 heavy (non-hydrogen) atoms. The Morgan fingerprint density at radius 3 is 2.76 bits per heavy atom. The molecule has 0 fully saturated rings. The van der Waals surface area contributed by atoms with Crippen LogP contribution in [-0.4, -0.2) is 15.0 Å². The van der Waals surface area contributed by atoms with Crippen LogP contribution in [0.15, 0.2) is 30.6 Å². The van der Waals surface area contributed by atoms with E-state index in [-0.39, 0.29) is 11.3 Å². The zero-order chi connectivity index (χ0) is 12.3. The number of anilines is 1. The largest absolute Gasteiger partial charge is 0.361 e. The molecular weight excluding hydrogens is 259 g/mol. The van der Waals surface area contributed by atoms with E-state index in [9.17, 15) is 0 Å². The molecule has 4 nitrogen and oxygen atoms in total. The predicted octanol–water partition coefficient (Wildman–Crippen LogP) is 3.35. The van der Waals surface area contributed by atoms with Gasteiger partial charge in [-0.1, -0.05) is 17.7 Å². The first-order valence-electron chi connectivity index (χ1n) is 5.02. The Balaban J connectivity index is 2.18. The van der Waals surface area contributed by atoms with Gasteiger partial charge in [0.2, 0.25) is 5.28 Å². The van der Waals surface area contributed by atoms with Crippen LogP contribution in [-0.2, 0) is 0 Å². The van der Waals surface area contributed by atoms with Gasteiger partial charge in [-0.25, -0.2) is 4.98 Å². The van der Waals surface area contributed by atoms with Crippen molar-refractivity contribution in [2.24, 2.45) is 0 Å². The molecule has 1 unspecified atom stereocenters. The van der Waals surface area contributed by atoms with E-state index in [1.54, 1.807) is 6.20 Å². The van der Waals surface area contributed by atoms with E-state index in [1.165, 1.54) is 6.20 Å². The van der Waals surface area contributed by atoms with Crippen LogP contribution >= 0.6 is 23.2 Å². The Morgan fingerprint density at radius 2 is 2.06 bits per heavy atom. The Morgan fingerprint density at radius 1 is 1.24 bits per heavy atom. The summed E-state index contributed by atoms with van der Waals surface area (Å²) in [6.07, 6.45) is 3.20. The molecular formula is C11H10Cl2N4. The average molecular weight is 269 g/mol. The maximum atomic E-state index is 5.96. The molecule has 0 aliphatic heterocycles. The van der Waals surface area contributed by atoms with Gasteiger partial charge in [0.05, 0.1) is 17.9 Å². The number of pyridine rings is 1. The summed E-state index contributed by atoms with van der Waals surface area (Å²) in [6, 6.07) is 5.70. The van der Waals surface area contributed by atoms with E-state index >= 15 is 0 Å². The van der Waals surface area contributed by atoms with E-state index in [1.807, 2.05) is 25.1 Å². The highest BCUT2D eigenvalue weighted by Crippen LogP contribution is 2.23. The third-order valence-corrected chi connectivity index (χ3v) is 2.66. The van der Waals surface area contributed by atoms with Crippen LogP contribution in [0.5, 0.6) is 0 Å². The fourth-order valence-electron chi connectivity index (χ4n) is 1.36. The van der Waals surface area contributed by atoms with Gasteiger partial charge in [0.15, 0.2) is 0 Å². The van der Waals surface area contributed by atoms with Crippen molar-refractivity contribution in [3.05, 3.63) is 46.6 Å². The average Bonchev–Trinajstić information content (AvgIpc) is 2.35. The maximum Gasteiger partial charge on any atom is 0.224 e. The lowest BCUT2D eigenvalue weighted by Crippen LogP contribution is -2.10.